The lowest BCUT2D eigenvalue weighted by Crippen LogP contribution is -2.00. The van der Waals surface area contributed by atoms with Crippen LogP contribution in [0, 0.1) is 16.5 Å². The predicted octanol–water partition coefficient (Wildman–Crippen LogP) is 1.48. The van der Waals surface area contributed by atoms with E-state index in [1.54, 1.807) is 12.2 Å². The third-order valence-electron chi connectivity index (χ3n) is 1.12. The van der Waals surface area contributed by atoms with Crippen molar-refractivity contribution in [3.05, 3.63) is 52.6 Å². The monoisotopic (exact) mass is 136 g/mol. The van der Waals surface area contributed by atoms with E-state index in [1.165, 1.54) is 12.5 Å². The summed E-state index contributed by atoms with van der Waals surface area (Å²) in [6.07, 6.45) is 6.20. The maximum Gasteiger partial charge on any atom is 0.167 e. The van der Waals surface area contributed by atoms with E-state index < -0.39 is 4.92 Å². The second-order valence-corrected chi connectivity index (χ2v) is 1.93. The maximum atomic E-state index is 10.1. The minimum absolute atomic E-state index is 0.0903. The van der Waals surface area contributed by atoms with Gasteiger partial charge in [-0.2, -0.15) is 12.2 Å². The fraction of sp³-hybridized carbons (Fsp3) is 0. The van der Waals surface area contributed by atoms with Crippen molar-refractivity contribution in [3.8, 4) is 0 Å². The molecule has 0 N–H and O–H groups in total. The highest BCUT2D eigenvalue weighted by molar-refractivity contribution is 5.39. The zero-order valence-electron chi connectivity index (χ0n) is 5.28. The zero-order valence-corrected chi connectivity index (χ0v) is 5.28. The van der Waals surface area contributed by atoms with Crippen LogP contribution < -0.4 is 0 Å². The number of rotatable bonds is 1. The van der Waals surface area contributed by atoms with Crippen LogP contribution >= 0.6 is 0 Å². The van der Waals surface area contributed by atoms with E-state index >= 15 is 0 Å². The van der Waals surface area contributed by atoms with Gasteiger partial charge in [0.05, 0.1) is 0 Å². The average Bonchev–Trinajstić information content (AvgIpc) is 1.88. The Balaban J connectivity index is 2.81. The second-order valence-electron chi connectivity index (χ2n) is 1.93. The summed E-state index contributed by atoms with van der Waals surface area (Å²) in [6, 6.07) is 0. The van der Waals surface area contributed by atoms with Gasteiger partial charge in [-0.3, -0.25) is 10.1 Å². The largest absolute Gasteiger partial charge is 0.260 e. The molecule has 0 heterocycles. The van der Waals surface area contributed by atoms with Crippen LogP contribution in [0.15, 0.2) is 36.1 Å². The van der Waals surface area contributed by atoms with Crippen molar-refractivity contribution in [2.75, 3.05) is 0 Å². The van der Waals surface area contributed by atoms with Crippen LogP contribution in [0.25, 0.3) is 0 Å². The molecule has 0 atom stereocenters. The number of nitrogens with zero attached hydrogens (tertiary/aromatic N) is 1. The van der Waals surface area contributed by atoms with Gasteiger partial charge in [0.25, 0.3) is 0 Å². The van der Waals surface area contributed by atoms with Crippen LogP contribution in [0.3, 0.4) is 0 Å². The van der Waals surface area contributed by atoms with Crippen molar-refractivity contribution >= 4 is 0 Å². The molecule has 1 aliphatic rings. The first-order valence-corrected chi connectivity index (χ1v) is 2.76. The normalized spacial score (nSPS) is 16.0. The summed E-state index contributed by atoms with van der Waals surface area (Å²) in [7, 11) is 0. The van der Waals surface area contributed by atoms with Crippen LogP contribution in [0.1, 0.15) is 0 Å². The summed E-state index contributed by atoms with van der Waals surface area (Å²) >= 11 is 0. The molecule has 0 spiro atoms. The first kappa shape index (κ1) is 6.61. The summed E-state index contributed by atoms with van der Waals surface area (Å²) in [5, 5.41) is 10.1. The molecule has 10 heavy (non-hydrogen) atoms. The lowest BCUT2D eigenvalue weighted by Gasteiger charge is -2.08. The standard InChI is InChI=1S/C7H6NO2/c1-6-3-2-4-7(5-6)8(9)10/h2-5H,1H2/q-1. The molecule has 0 aromatic carbocycles. The fourth-order valence-corrected chi connectivity index (χ4v) is 0.670. The Hall–Kier alpha value is -1.51. The minimum Gasteiger partial charge on any atom is -0.260 e. The van der Waals surface area contributed by atoms with Crippen LogP contribution in [-0.4, -0.2) is 4.92 Å². The van der Waals surface area contributed by atoms with Gasteiger partial charge in [0, 0.05) is 4.92 Å². The van der Waals surface area contributed by atoms with Crippen molar-refractivity contribution in [3.63, 3.8) is 0 Å². The molecule has 0 fully saturated rings. The molecule has 0 saturated carbocycles. The number of hydrogen-bond acceptors (Lipinski definition) is 2. The van der Waals surface area contributed by atoms with Crippen molar-refractivity contribution in [1.29, 1.82) is 0 Å². The predicted molar refractivity (Wildman–Crippen MR) is 37.7 cm³/mol. The van der Waals surface area contributed by atoms with E-state index in [4.69, 9.17) is 0 Å². The van der Waals surface area contributed by atoms with Gasteiger partial charge >= 0.3 is 0 Å². The van der Waals surface area contributed by atoms with Gasteiger partial charge in [-0.25, -0.2) is 0 Å². The molecular formula is C7H6NO2-. The highest BCUT2D eigenvalue weighted by Gasteiger charge is 2.02. The second kappa shape index (κ2) is 2.39. The molecule has 3 nitrogen and oxygen atoms in total. The molecule has 0 unspecified atom stereocenters. The van der Waals surface area contributed by atoms with Gasteiger partial charge < -0.3 is 0 Å². The Labute approximate surface area is 58.5 Å². The number of nitro groups is 1. The SMILES string of the molecule is C=C1C=C[CH-]C([N+](=O)[O-])=C1. The summed E-state index contributed by atoms with van der Waals surface area (Å²) in [4.78, 5) is 9.70. The summed E-state index contributed by atoms with van der Waals surface area (Å²) < 4.78 is 0. The Kier molecular flexibility index (Phi) is 1.58. The third-order valence-corrected chi connectivity index (χ3v) is 1.12. The third kappa shape index (κ3) is 1.25. The fourth-order valence-electron chi connectivity index (χ4n) is 0.670. The van der Waals surface area contributed by atoms with Gasteiger partial charge in [0.1, 0.15) is 0 Å². The topological polar surface area (TPSA) is 43.1 Å². The number of allylic oxidation sites excluding steroid dienone is 4. The first-order valence-electron chi connectivity index (χ1n) is 2.76. The zero-order chi connectivity index (χ0) is 7.56. The van der Waals surface area contributed by atoms with Gasteiger partial charge in [-0.15, -0.1) is 12.2 Å². The highest BCUT2D eigenvalue weighted by Crippen LogP contribution is 2.12. The van der Waals surface area contributed by atoms with E-state index in [0.29, 0.717) is 5.57 Å². The first-order chi connectivity index (χ1) is 4.70. The Morgan fingerprint density at radius 3 is 2.80 bits per heavy atom. The molecule has 0 amide bonds. The van der Waals surface area contributed by atoms with Crippen molar-refractivity contribution in [2.24, 2.45) is 0 Å². The van der Waals surface area contributed by atoms with E-state index in [-0.39, 0.29) is 5.70 Å². The van der Waals surface area contributed by atoms with E-state index in [9.17, 15) is 10.1 Å². The highest BCUT2D eigenvalue weighted by atomic mass is 16.6. The molecule has 0 bridgehead atoms. The van der Waals surface area contributed by atoms with Crippen molar-refractivity contribution in [2.45, 2.75) is 0 Å². The Bertz CT molecular complexity index is 238. The molecule has 1 rings (SSSR count). The number of hydrogen-bond donors (Lipinski definition) is 0. The van der Waals surface area contributed by atoms with Gasteiger partial charge in [0.2, 0.25) is 0 Å². The smallest absolute Gasteiger partial charge is 0.167 e. The molecule has 0 aromatic heterocycles. The van der Waals surface area contributed by atoms with Crippen LogP contribution in [0.4, 0.5) is 0 Å². The molecule has 0 aliphatic heterocycles. The van der Waals surface area contributed by atoms with Crippen LogP contribution in [-0.2, 0) is 0 Å². The summed E-state index contributed by atoms with van der Waals surface area (Å²) in [5.41, 5.74) is 0.752. The molecule has 1 aliphatic carbocycles. The summed E-state index contributed by atoms with van der Waals surface area (Å²) in [6.45, 7) is 3.56. The average molecular weight is 136 g/mol. The van der Waals surface area contributed by atoms with Crippen LogP contribution in [0.5, 0.6) is 0 Å². The molecule has 0 aromatic rings. The van der Waals surface area contributed by atoms with Gasteiger partial charge in [-0.1, -0.05) is 12.5 Å². The van der Waals surface area contributed by atoms with Crippen LogP contribution in [0.2, 0.25) is 0 Å². The quantitative estimate of drug-likeness (QED) is 0.311. The molecule has 52 valence electrons. The van der Waals surface area contributed by atoms with E-state index in [0.717, 1.165) is 0 Å². The lowest BCUT2D eigenvalue weighted by atomic mass is 10.1. The molecule has 0 saturated heterocycles. The van der Waals surface area contributed by atoms with Gasteiger partial charge in [0.15, 0.2) is 5.70 Å². The maximum absolute atomic E-state index is 10.1. The van der Waals surface area contributed by atoms with Crippen molar-refractivity contribution < 1.29 is 4.92 Å². The molecular weight excluding hydrogens is 130 g/mol. The Morgan fingerprint density at radius 1 is 1.70 bits per heavy atom. The lowest BCUT2D eigenvalue weighted by molar-refractivity contribution is -0.421. The van der Waals surface area contributed by atoms with Crippen molar-refractivity contribution in [1.82, 2.24) is 0 Å². The van der Waals surface area contributed by atoms with Gasteiger partial charge in [-0.05, 0) is 0 Å². The Morgan fingerprint density at radius 2 is 2.40 bits per heavy atom. The molecule has 3 heteroatoms. The minimum atomic E-state index is -0.436. The summed E-state index contributed by atoms with van der Waals surface area (Å²) in [5.74, 6) is 0. The molecule has 0 radical (unpaired) electrons. The van der Waals surface area contributed by atoms with E-state index in [1.807, 2.05) is 0 Å². The van der Waals surface area contributed by atoms with E-state index in [2.05, 4.69) is 6.58 Å².